The number of aromatic amines is 1. The van der Waals surface area contributed by atoms with E-state index < -0.39 is 23.6 Å². The molecule has 0 saturated heterocycles. The largest absolute Gasteiger partial charge is 0.496 e. The zero-order valence-corrected chi connectivity index (χ0v) is 24.8. The van der Waals surface area contributed by atoms with Crippen molar-refractivity contribution >= 4 is 34.5 Å². The van der Waals surface area contributed by atoms with Gasteiger partial charge in [0.05, 0.1) is 24.9 Å². The maximum absolute atomic E-state index is 13.4. The maximum atomic E-state index is 13.4. The second-order valence-corrected chi connectivity index (χ2v) is 12.0. The van der Waals surface area contributed by atoms with Crippen molar-refractivity contribution in [3.05, 3.63) is 82.3 Å². The van der Waals surface area contributed by atoms with Crippen LogP contribution in [0.5, 0.6) is 17.2 Å². The van der Waals surface area contributed by atoms with Gasteiger partial charge in [0.15, 0.2) is 6.29 Å². The average molecular weight is 596 g/mol. The number of hydrogen-bond donors (Lipinski definition) is 2. The van der Waals surface area contributed by atoms with E-state index in [9.17, 15) is 19.5 Å². The molecule has 0 amide bonds. The number of Topliss-reactive ketones (excluding diaryl/α,β-unsaturated/α-hetero) is 1. The zero-order chi connectivity index (χ0) is 30.7. The summed E-state index contributed by atoms with van der Waals surface area (Å²) in [5.41, 5.74) is 3.42. The number of aldehydes is 1. The van der Waals surface area contributed by atoms with Gasteiger partial charge in [-0.25, -0.2) is 4.79 Å². The summed E-state index contributed by atoms with van der Waals surface area (Å²) in [6, 6.07) is 9.61. The molecule has 1 fully saturated rings. The van der Waals surface area contributed by atoms with Gasteiger partial charge in [-0.2, -0.15) is 0 Å². The molecule has 4 atom stereocenters. The van der Waals surface area contributed by atoms with Crippen LogP contribution in [0, 0.1) is 0 Å². The second-order valence-electron chi connectivity index (χ2n) is 12.0. The third-order valence-corrected chi connectivity index (χ3v) is 9.25. The van der Waals surface area contributed by atoms with Crippen LogP contribution in [0.25, 0.3) is 16.5 Å². The minimum absolute atomic E-state index is 0.0556. The molecule has 7 rings (SSSR count). The summed E-state index contributed by atoms with van der Waals surface area (Å²) in [4.78, 5) is 42.6. The molecule has 3 heterocycles. The van der Waals surface area contributed by atoms with Gasteiger partial charge in [0, 0.05) is 47.2 Å². The molecular formula is C35H33NO8. The Morgan fingerprint density at radius 2 is 2.05 bits per heavy atom. The van der Waals surface area contributed by atoms with Gasteiger partial charge in [0.2, 0.25) is 5.76 Å². The van der Waals surface area contributed by atoms with E-state index in [1.165, 1.54) is 0 Å². The third kappa shape index (κ3) is 4.29. The first-order chi connectivity index (χ1) is 21.2. The van der Waals surface area contributed by atoms with Crippen LogP contribution < -0.4 is 14.2 Å². The van der Waals surface area contributed by atoms with E-state index in [0.29, 0.717) is 48.2 Å². The van der Waals surface area contributed by atoms with Crippen molar-refractivity contribution < 1.29 is 38.4 Å². The van der Waals surface area contributed by atoms with Crippen molar-refractivity contribution in [2.24, 2.45) is 0 Å². The number of aromatic nitrogens is 1. The molecule has 226 valence electrons. The smallest absolute Gasteiger partial charge is 0.375 e. The highest BCUT2D eigenvalue weighted by atomic mass is 16.6. The fraction of sp³-hybridized carbons (Fsp3) is 0.343. The van der Waals surface area contributed by atoms with E-state index in [-0.39, 0.29) is 41.8 Å². The molecule has 2 aromatic carbocycles. The molecule has 0 bridgehead atoms. The highest BCUT2D eigenvalue weighted by Crippen LogP contribution is 2.58. The number of rotatable bonds is 5. The molecule has 44 heavy (non-hydrogen) atoms. The normalized spacial score (nSPS) is 27.3. The van der Waals surface area contributed by atoms with Gasteiger partial charge in [0.1, 0.15) is 34.7 Å². The standard InChI is InChI=1S/C35H33NO8/c1-4-42-34(39)31-23(17-37)28(20-8-10-25(38)22(15-20)18-7-9-24-19(14-18)11-13-36-24)30-27(43-31)16-26-29(32(30)41-3)21-6-5-12-35(2,40)33(21)44-26/h5-7,9,11,13-14,16-17,21-22,33,36,40H,4,8,10,12,15H2,1-3H3. The van der Waals surface area contributed by atoms with Crippen LogP contribution in [0.15, 0.2) is 65.6 Å². The number of H-pyrrole nitrogens is 1. The second kappa shape index (κ2) is 10.5. The monoisotopic (exact) mass is 595 g/mol. The summed E-state index contributed by atoms with van der Waals surface area (Å²) in [5, 5.41) is 12.2. The predicted octanol–water partition coefficient (Wildman–Crippen LogP) is 5.43. The Kier molecular flexibility index (Phi) is 6.73. The molecule has 4 aliphatic rings. The van der Waals surface area contributed by atoms with Crippen LogP contribution in [0.4, 0.5) is 0 Å². The molecule has 0 radical (unpaired) electrons. The number of aliphatic hydroxyl groups is 1. The van der Waals surface area contributed by atoms with E-state index in [1.54, 1.807) is 27.0 Å². The maximum Gasteiger partial charge on any atom is 0.375 e. The number of carbonyl (C=O) groups is 3. The van der Waals surface area contributed by atoms with Crippen LogP contribution >= 0.6 is 0 Å². The summed E-state index contributed by atoms with van der Waals surface area (Å²) in [6.07, 6.45) is 7.33. The number of ether oxygens (including phenoxy) is 4. The predicted molar refractivity (Wildman–Crippen MR) is 162 cm³/mol. The van der Waals surface area contributed by atoms with Gasteiger partial charge < -0.3 is 29.0 Å². The number of esters is 1. The first kappa shape index (κ1) is 28.2. The lowest BCUT2D eigenvalue weighted by Crippen LogP contribution is -2.45. The number of allylic oxidation sites excluding steroid dienone is 3. The highest BCUT2D eigenvalue weighted by molar-refractivity contribution is 6.11. The Labute approximate surface area is 254 Å². The minimum Gasteiger partial charge on any atom is -0.496 e. The molecule has 9 nitrogen and oxygen atoms in total. The topological polar surface area (TPSA) is 124 Å². The van der Waals surface area contributed by atoms with E-state index in [2.05, 4.69) is 4.98 Å². The lowest BCUT2D eigenvalue weighted by Gasteiger charge is -2.34. The lowest BCUT2D eigenvalue weighted by molar-refractivity contribution is -0.141. The Morgan fingerprint density at radius 3 is 2.82 bits per heavy atom. The molecule has 0 spiro atoms. The average Bonchev–Trinajstić information content (AvgIpc) is 3.64. The Hall–Kier alpha value is -4.63. The number of carbonyl (C=O) groups excluding carboxylic acids is 3. The molecule has 1 saturated carbocycles. The zero-order valence-electron chi connectivity index (χ0n) is 24.8. The summed E-state index contributed by atoms with van der Waals surface area (Å²) in [6.45, 7) is 3.51. The summed E-state index contributed by atoms with van der Waals surface area (Å²) < 4.78 is 23.8. The number of fused-ring (bicyclic) bond motifs is 5. The van der Waals surface area contributed by atoms with Crippen molar-refractivity contribution in [3.63, 3.8) is 0 Å². The van der Waals surface area contributed by atoms with Gasteiger partial charge in [0.25, 0.3) is 0 Å². The minimum atomic E-state index is -1.12. The molecule has 3 aromatic rings. The molecule has 2 aliphatic heterocycles. The van der Waals surface area contributed by atoms with Gasteiger partial charge >= 0.3 is 5.97 Å². The van der Waals surface area contributed by atoms with Crippen LogP contribution in [0.2, 0.25) is 0 Å². The number of hydrogen-bond acceptors (Lipinski definition) is 8. The quantitative estimate of drug-likeness (QED) is 0.227. The molecule has 1 aromatic heterocycles. The van der Waals surface area contributed by atoms with E-state index in [4.69, 9.17) is 18.9 Å². The first-order valence-corrected chi connectivity index (χ1v) is 14.9. The highest BCUT2D eigenvalue weighted by Gasteiger charge is 2.49. The van der Waals surface area contributed by atoms with Crippen LogP contribution in [-0.4, -0.2) is 53.6 Å². The fourth-order valence-electron chi connectivity index (χ4n) is 7.18. The number of ketones is 1. The van der Waals surface area contributed by atoms with E-state index in [1.807, 2.05) is 42.6 Å². The fourth-order valence-corrected chi connectivity index (χ4v) is 7.18. The molecule has 2 N–H and O–H groups in total. The number of benzene rings is 2. The van der Waals surface area contributed by atoms with Crippen molar-refractivity contribution in [2.75, 3.05) is 13.7 Å². The van der Waals surface area contributed by atoms with Gasteiger partial charge in [-0.1, -0.05) is 23.8 Å². The molecular weight excluding hydrogens is 562 g/mol. The van der Waals surface area contributed by atoms with Crippen molar-refractivity contribution in [2.45, 2.75) is 63.1 Å². The van der Waals surface area contributed by atoms with Crippen LogP contribution in [-0.2, 0) is 19.1 Å². The molecule has 2 aliphatic carbocycles. The van der Waals surface area contributed by atoms with Crippen LogP contribution in [0.3, 0.4) is 0 Å². The van der Waals surface area contributed by atoms with Gasteiger partial charge in [-0.3, -0.25) is 9.59 Å². The Morgan fingerprint density at radius 1 is 1.20 bits per heavy atom. The van der Waals surface area contributed by atoms with Crippen molar-refractivity contribution in [1.29, 1.82) is 0 Å². The Balaban J connectivity index is 1.44. The number of nitrogens with one attached hydrogen (secondary N) is 1. The number of methoxy groups -OCH3 is 1. The first-order valence-electron chi connectivity index (χ1n) is 14.9. The van der Waals surface area contributed by atoms with Gasteiger partial charge in [-0.15, -0.1) is 0 Å². The van der Waals surface area contributed by atoms with Gasteiger partial charge in [-0.05, 0) is 62.3 Å². The molecule has 9 heteroatoms. The summed E-state index contributed by atoms with van der Waals surface area (Å²) in [7, 11) is 1.54. The summed E-state index contributed by atoms with van der Waals surface area (Å²) in [5.74, 6) is -0.403. The van der Waals surface area contributed by atoms with Crippen molar-refractivity contribution in [1.82, 2.24) is 4.98 Å². The Bertz CT molecular complexity index is 1820. The van der Waals surface area contributed by atoms with E-state index >= 15 is 0 Å². The lowest BCUT2D eigenvalue weighted by atomic mass is 9.74. The molecule has 4 unspecified atom stereocenters. The summed E-state index contributed by atoms with van der Waals surface area (Å²) >= 11 is 0. The van der Waals surface area contributed by atoms with Crippen molar-refractivity contribution in [3.8, 4) is 17.2 Å². The van der Waals surface area contributed by atoms with Crippen LogP contribution in [0.1, 0.15) is 68.1 Å². The van der Waals surface area contributed by atoms with E-state index in [0.717, 1.165) is 27.6 Å². The SMILES string of the molecule is CCOC(=O)C1=C(C=O)C(=C2CCC(=O)C(c3ccc4[nH]ccc4c3)C2)c2c(cc3c(c2OC)C2C=CCC(C)(O)C2O3)O1. The third-order valence-electron chi connectivity index (χ3n) is 9.25.